The van der Waals surface area contributed by atoms with E-state index < -0.39 is 5.41 Å². The van der Waals surface area contributed by atoms with Crippen molar-refractivity contribution >= 4 is 5.91 Å². The minimum Gasteiger partial charge on any atom is -0.385 e. The minimum absolute atomic E-state index is 0.0371. The number of carbonyl (C=O) groups excluding carboxylic acids is 1. The third-order valence-electron chi connectivity index (χ3n) is 1.98. The summed E-state index contributed by atoms with van der Waals surface area (Å²) in [7, 11) is 1.62. The number of hydrogen-bond donors (Lipinski definition) is 1. The summed E-state index contributed by atoms with van der Waals surface area (Å²) in [5, 5.41) is 11.5. The number of methoxy groups -OCH3 is 1. The van der Waals surface area contributed by atoms with Gasteiger partial charge in [-0.25, -0.2) is 0 Å². The van der Waals surface area contributed by atoms with Crippen LogP contribution in [0.4, 0.5) is 0 Å². The Balaban J connectivity index is 4.01. The van der Waals surface area contributed by atoms with Gasteiger partial charge < -0.3 is 10.1 Å². The molecular formula is C10H18N2O2. The van der Waals surface area contributed by atoms with Crippen LogP contribution >= 0.6 is 0 Å². The van der Waals surface area contributed by atoms with Gasteiger partial charge in [-0.1, -0.05) is 0 Å². The first-order valence-electron chi connectivity index (χ1n) is 4.65. The molecule has 0 saturated carbocycles. The SMILES string of the molecule is COCCC(C)NC(=O)C(C)(C)C#N. The van der Waals surface area contributed by atoms with Gasteiger partial charge in [0.25, 0.3) is 0 Å². The van der Waals surface area contributed by atoms with Crippen LogP contribution < -0.4 is 5.32 Å². The molecule has 0 aromatic carbocycles. The molecule has 0 spiro atoms. The van der Waals surface area contributed by atoms with Gasteiger partial charge in [-0.15, -0.1) is 0 Å². The second-order valence-electron chi connectivity index (χ2n) is 3.89. The number of nitriles is 1. The summed E-state index contributed by atoms with van der Waals surface area (Å²) in [4.78, 5) is 11.5. The van der Waals surface area contributed by atoms with Gasteiger partial charge in [0.15, 0.2) is 0 Å². The molecule has 0 rings (SSSR count). The summed E-state index contributed by atoms with van der Waals surface area (Å²) in [5.41, 5.74) is -0.957. The van der Waals surface area contributed by atoms with Crippen LogP contribution in [0.3, 0.4) is 0 Å². The van der Waals surface area contributed by atoms with E-state index in [1.54, 1.807) is 21.0 Å². The Labute approximate surface area is 85.2 Å². The number of nitrogens with zero attached hydrogens (tertiary/aromatic N) is 1. The molecule has 0 heterocycles. The summed E-state index contributed by atoms with van der Waals surface area (Å²) in [5.74, 6) is -0.233. The van der Waals surface area contributed by atoms with E-state index >= 15 is 0 Å². The number of amides is 1. The number of nitrogens with one attached hydrogen (secondary N) is 1. The molecule has 0 aliphatic carbocycles. The van der Waals surface area contributed by atoms with E-state index in [9.17, 15) is 4.79 Å². The molecule has 0 aromatic rings. The maximum absolute atomic E-state index is 11.5. The third kappa shape index (κ3) is 4.24. The molecule has 0 bridgehead atoms. The predicted octanol–water partition coefficient (Wildman–Crippen LogP) is 1.08. The highest BCUT2D eigenvalue weighted by Crippen LogP contribution is 2.13. The molecule has 14 heavy (non-hydrogen) atoms. The highest BCUT2D eigenvalue weighted by Gasteiger charge is 2.27. The van der Waals surface area contributed by atoms with Gasteiger partial charge >= 0.3 is 0 Å². The molecule has 1 N–H and O–H groups in total. The zero-order chi connectivity index (χ0) is 11.2. The van der Waals surface area contributed by atoms with Crippen molar-refractivity contribution < 1.29 is 9.53 Å². The lowest BCUT2D eigenvalue weighted by atomic mass is 9.94. The molecular weight excluding hydrogens is 180 g/mol. The number of rotatable bonds is 5. The molecule has 1 unspecified atom stereocenters. The van der Waals surface area contributed by atoms with Crippen LogP contribution in [-0.4, -0.2) is 25.7 Å². The molecule has 80 valence electrons. The summed E-state index contributed by atoms with van der Waals surface area (Å²) < 4.78 is 4.89. The van der Waals surface area contributed by atoms with Crippen LogP contribution in [0.25, 0.3) is 0 Å². The Morgan fingerprint density at radius 2 is 2.21 bits per heavy atom. The van der Waals surface area contributed by atoms with E-state index in [1.807, 2.05) is 13.0 Å². The lowest BCUT2D eigenvalue weighted by Gasteiger charge is -2.19. The van der Waals surface area contributed by atoms with Gasteiger partial charge in [0.2, 0.25) is 5.91 Å². The fraction of sp³-hybridized carbons (Fsp3) is 0.800. The van der Waals surface area contributed by atoms with Crippen molar-refractivity contribution in [1.82, 2.24) is 5.32 Å². The molecule has 0 aliphatic rings. The Morgan fingerprint density at radius 1 is 1.64 bits per heavy atom. The second kappa shape index (κ2) is 5.61. The van der Waals surface area contributed by atoms with E-state index in [1.165, 1.54) is 0 Å². The number of hydrogen-bond acceptors (Lipinski definition) is 3. The van der Waals surface area contributed by atoms with Gasteiger partial charge in [-0.2, -0.15) is 5.26 Å². The summed E-state index contributed by atoms with van der Waals surface area (Å²) in [6, 6.07) is 2.00. The van der Waals surface area contributed by atoms with E-state index in [-0.39, 0.29) is 11.9 Å². The topological polar surface area (TPSA) is 62.1 Å². The summed E-state index contributed by atoms with van der Waals surface area (Å²) >= 11 is 0. The van der Waals surface area contributed by atoms with Crippen molar-refractivity contribution in [2.45, 2.75) is 33.2 Å². The third-order valence-corrected chi connectivity index (χ3v) is 1.98. The standard InChI is InChI=1S/C10H18N2O2/c1-8(5-6-14-4)12-9(13)10(2,3)7-11/h8H,5-6H2,1-4H3,(H,12,13). The van der Waals surface area contributed by atoms with E-state index in [0.717, 1.165) is 6.42 Å². The number of ether oxygens (including phenoxy) is 1. The van der Waals surface area contributed by atoms with Crippen LogP contribution in [0, 0.1) is 16.7 Å². The molecule has 0 radical (unpaired) electrons. The van der Waals surface area contributed by atoms with Crippen LogP contribution in [-0.2, 0) is 9.53 Å². The highest BCUT2D eigenvalue weighted by atomic mass is 16.5. The van der Waals surface area contributed by atoms with Crippen molar-refractivity contribution in [3.05, 3.63) is 0 Å². The minimum atomic E-state index is -0.957. The van der Waals surface area contributed by atoms with Crippen molar-refractivity contribution in [3.63, 3.8) is 0 Å². The fourth-order valence-corrected chi connectivity index (χ4v) is 0.822. The molecule has 4 heteroatoms. The van der Waals surface area contributed by atoms with Crippen molar-refractivity contribution in [2.75, 3.05) is 13.7 Å². The van der Waals surface area contributed by atoms with Gasteiger partial charge in [-0.05, 0) is 27.2 Å². The average molecular weight is 198 g/mol. The van der Waals surface area contributed by atoms with Crippen LogP contribution in [0.2, 0.25) is 0 Å². The largest absolute Gasteiger partial charge is 0.385 e. The van der Waals surface area contributed by atoms with Crippen molar-refractivity contribution in [3.8, 4) is 6.07 Å². The zero-order valence-electron chi connectivity index (χ0n) is 9.26. The van der Waals surface area contributed by atoms with E-state index in [0.29, 0.717) is 6.61 Å². The van der Waals surface area contributed by atoms with Gasteiger partial charge in [-0.3, -0.25) is 4.79 Å². The van der Waals surface area contributed by atoms with Gasteiger partial charge in [0.1, 0.15) is 5.41 Å². The molecule has 0 aromatic heterocycles. The Kier molecular flexibility index (Phi) is 5.18. The maximum Gasteiger partial charge on any atom is 0.240 e. The first-order chi connectivity index (χ1) is 6.44. The molecule has 0 aliphatic heterocycles. The van der Waals surface area contributed by atoms with Crippen LogP contribution in [0.1, 0.15) is 27.2 Å². The van der Waals surface area contributed by atoms with E-state index in [2.05, 4.69) is 5.32 Å². The van der Waals surface area contributed by atoms with Crippen molar-refractivity contribution in [1.29, 1.82) is 5.26 Å². The predicted molar refractivity (Wildman–Crippen MR) is 53.5 cm³/mol. The Bertz CT molecular complexity index is 231. The normalized spacial score (nSPS) is 13.1. The zero-order valence-corrected chi connectivity index (χ0v) is 9.26. The maximum atomic E-state index is 11.5. The highest BCUT2D eigenvalue weighted by molar-refractivity contribution is 5.84. The lowest BCUT2D eigenvalue weighted by Crippen LogP contribution is -2.41. The first-order valence-corrected chi connectivity index (χ1v) is 4.65. The Morgan fingerprint density at radius 3 is 2.64 bits per heavy atom. The average Bonchev–Trinajstić information content (AvgIpc) is 2.14. The molecule has 0 saturated heterocycles. The lowest BCUT2D eigenvalue weighted by molar-refractivity contribution is -0.127. The fourth-order valence-electron chi connectivity index (χ4n) is 0.822. The molecule has 0 fully saturated rings. The number of carbonyl (C=O) groups is 1. The van der Waals surface area contributed by atoms with Gasteiger partial charge in [0.05, 0.1) is 6.07 Å². The quantitative estimate of drug-likeness (QED) is 0.719. The van der Waals surface area contributed by atoms with Crippen LogP contribution in [0.5, 0.6) is 0 Å². The molecule has 4 nitrogen and oxygen atoms in total. The monoisotopic (exact) mass is 198 g/mol. The van der Waals surface area contributed by atoms with Crippen molar-refractivity contribution in [2.24, 2.45) is 5.41 Å². The molecule has 1 atom stereocenters. The Hall–Kier alpha value is -1.08. The second-order valence-corrected chi connectivity index (χ2v) is 3.89. The van der Waals surface area contributed by atoms with Gasteiger partial charge in [0, 0.05) is 19.8 Å². The van der Waals surface area contributed by atoms with Crippen LogP contribution in [0.15, 0.2) is 0 Å². The first kappa shape index (κ1) is 12.9. The summed E-state index contributed by atoms with van der Waals surface area (Å²) in [6.07, 6.45) is 0.754. The molecule has 1 amide bonds. The smallest absolute Gasteiger partial charge is 0.240 e. The van der Waals surface area contributed by atoms with E-state index in [4.69, 9.17) is 10.00 Å². The summed E-state index contributed by atoms with van der Waals surface area (Å²) in [6.45, 7) is 5.70.